The smallest absolute Gasteiger partial charge is 0.227 e. The number of nitrogens with one attached hydrogen (secondary N) is 1. The molecule has 1 N–H and O–H groups in total. The molecule has 1 aliphatic rings. The second-order valence-corrected chi connectivity index (χ2v) is 6.32. The van der Waals surface area contributed by atoms with Crippen molar-refractivity contribution in [2.45, 2.75) is 32.6 Å². The third-order valence-corrected chi connectivity index (χ3v) is 4.41. The lowest BCUT2D eigenvalue weighted by atomic mass is 10.1. The quantitative estimate of drug-likeness (QED) is 0.825. The largest absolute Gasteiger partial charge is 0.494 e. The topological polar surface area (TPSA) is 58.6 Å². The highest BCUT2D eigenvalue weighted by atomic mass is 16.5. The molecular formula is C21H24N2O3. The first-order valence-corrected chi connectivity index (χ1v) is 9.07. The molecule has 2 aromatic carbocycles. The molecule has 5 nitrogen and oxygen atoms in total. The molecule has 1 saturated heterocycles. The minimum Gasteiger partial charge on any atom is -0.494 e. The number of rotatable bonds is 7. The molecule has 0 spiro atoms. The van der Waals surface area contributed by atoms with E-state index in [-0.39, 0.29) is 11.8 Å². The maximum Gasteiger partial charge on any atom is 0.227 e. The van der Waals surface area contributed by atoms with Crippen molar-refractivity contribution < 1.29 is 14.3 Å². The van der Waals surface area contributed by atoms with E-state index in [4.69, 9.17) is 4.74 Å². The average molecular weight is 352 g/mol. The highest BCUT2D eigenvalue weighted by Crippen LogP contribution is 2.23. The van der Waals surface area contributed by atoms with Gasteiger partial charge in [-0.05, 0) is 61.7 Å². The zero-order valence-electron chi connectivity index (χ0n) is 15.0. The van der Waals surface area contributed by atoms with Gasteiger partial charge in [-0.2, -0.15) is 0 Å². The van der Waals surface area contributed by atoms with Gasteiger partial charge in [0.15, 0.2) is 0 Å². The summed E-state index contributed by atoms with van der Waals surface area (Å²) < 4.78 is 5.41. The van der Waals surface area contributed by atoms with Crippen molar-refractivity contribution in [3.05, 3.63) is 54.1 Å². The molecule has 1 fully saturated rings. The van der Waals surface area contributed by atoms with Gasteiger partial charge >= 0.3 is 0 Å². The van der Waals surface area contributed by atoms with Crippen LogP contribution in [-0.2, 0) is 16.0 Å². The molecule has 0 saturated carbocycles. The number of carbonyl (C=O) groups is 2. The number of benzene rings is 2. The fourth-order valence-electron chi connectivity index (χ4n) is 3.05. The Kier molecular flexibility index (Phi) is 5.89. The molecule has 1 heterocycles. The maximum atomic E-state index is 12.1. The summed E-state index contributed by atoms with van der Waals surface area (Å²) in [6.07, 6.45) is 2.62. The Morgan fingerprint density at radius 3 is 2.46 bits per heavy atom. The van der Waals surface area contributed by atoms with Crippen molar-refractivity contribution in [1.29, 1.82) is 0 Å². The average Bonchev–Trinajstić information content (AvgIpc) is 3.08. The molecule has 1 aliphatic heterocycles. The Morgan fingerprint density at radius 1 is 1.12 bits per heavy atom. The van der Waals surface area contributed by atoms with E-state index in [0.717, 1.165) is 35.7 Å². The van der Waals surface area contributed by atoms with E-state index in [2.05, 4.69) is 5.32 Å². The van der Waals surface area contributed by atoms with Crippen LogP contribution in [0, 0.1) is 0 Å². The Bertz CT molecular complexity index is 754. The van der Waals surface area contributed by atoms with Crippen LogP contribution < -0.4 is 15.0 Å². The van der Waals surface area contributed by atoms with Crippen LogP contribution in [0.4, 0.5) is 11.4 Å². The number of anilines is 2. The van der Waals surface area contributed by atoms with E-state index in [9.17, 15) is 9.59 Å². The van der Waals surface area contributed by atoms with Gasteiger partial charge < -0.3 is 15.0 Å². The molecule has 2 amide bonds. The van der Waals surface area contributed by atoms with E-state index >= 15 is 0 Å². The lowest BCUT2D eigenvalue weighted by Gasteiger charge is -2.16. The monoisotopic (exact) mass is 352 g/mol. The van der Waals surface area contributed by atoms with Crippen molar-refractivity contribution in [3.8, 4) is 5.75 Å². The Morgan fingerprint density at radius 2 is 1.85 bits per heavy atom. The molecule has 136 valence electrons. The third kappa shape index (κ3) is 4.63. The van der Waals surface area contributed by atoms with Gasteiger partial charge in [-0.3, -0.25) is 9.59 Å². The van der Waals surface area contributed by atoms with Gasteiger partial charge in [-0.1, -0.05) is 12.1 Å². The molecule has 0 bridgehead atoms. The fourth-order valence-corrected chi connectivity index (χ4v) is 3.05. The van der Waals surface area contributed by atoms with Crippen LogP contribution in [-0.4, -0.2) is 25.0 Å². The van der Waals surface area contributed by atoms with Crippen LogP contribution in [0.1, 0.15) is 31.7 Å². The lowest BCUT2D eigenvalue weighted by molar-refractivity contribution is -0.117. The summed E-state index contributed by atoms with van der Waals surface area (Å²) in [4.78, 5) is 25.7. The van der Waals surface area contributed by atoms with Crippen LogP contribution in [0.15, 0.2) is 48.5 Å². The van der Waals surface area contributed by atoms with Crippen molar-refractivity contribution in [3.63, 3.8) is 0 Å². The van der Waals surface area contributed by atoms with E-state index in [1.165, 1.54) is 0 Å². The second kappa shape index (κ2) is 8.52. The highest BCUT2D eigenvalue weighted by molar-refractivity contribution is 5.96. The van der Waals surface area contributed by atoms with Crippen LogP contribution in [0.5, 0.6) is 5.75 Å². The molecule has 2 aromatic rings. The molecular weight excluding hydrogens is 328 g/mol. The minimum atomic E-state index is -0.0242. The molecule has 5 heteroatoms. The fraction of sp³-hybridized carbons (Fsp3) is 0.333. The van der Waals surface area contributed by atoms with Crippen LogP contribution in [0.25, 0.3) is 0 Å². The number of aryl methyl sites for hydroxylation is 1. The van der Waals surface area contributed by atoms with Crippen molar-refractivity contribution in [2.75, 3.05) is 23.4 Å². The minimum absolute atomic E-state index is 0.0242. The van der Waals surface area contributed by atoms with Gasteiger partial charge in [0.1, 0.15) is 5.75 Å². The van der Waals surface area contributed by atoms with E-state index in [1.54, 1.807) is 4.90 Å². The second-order valence-electron chi connectivity index (χ2n) is 6.32. The first kappa shape index (κ1) is 18.0. The summed E-state index contributed by atoms with van der Waals surface area (Å²) in [5, 5.41) is 2.91. The number of amides is 2. The van der Waals surface area contributed by atoms with Crippen molar-refractivity contribution in [1.82, 2.24) is 0 Å². The first-order chi connectivity index (χ1) is 12.7. The number of carbonyl (C=O) groups excluding carboxylic acids is 2. The number of ether oxygens (including phenoxy) is 1. The Labute approximate surface area is 154 Å². The standard InChI is InChI=1S/C21H24N2O3/c1-2-26-19-12-5-16(6-13-19)7-14-20(24)22-17-8-10-18(11-9-17)23-15-3-4-21(23)25/h5-6,8-13H,2-4,7,14-15H2,1H3,(H,22,24). The highest BCUT2D eigenvalue weighted by Gasteiger charge is 2.21. The lowest BCUT2D eigenvalue weighted by Crippen LogP contribution is -2.23. The van der Waals surface area contributed by atoms with Crippen molar-refractivity contribution in [2.24, 2.45) is 0 Å². The summed E-state index contributed by atoms with van der Waals surface area (Å²) in [6.45, 7) is 3.37. The number of hydrogen-bond acceptors (Lipinski definition) is 3. The zero-order chi connectivity index (χ0) is 18.4. The molecule has 0 atom stereocenters. The third-order valence-electron chi connectivity index (χ3n) is 4.41. The maximum absolute atomic E-state index is 12.1. The van der Waals surface area contributed by atoms with Gasteiger partial charge in [0.25, 0.3) is 0 Å². The normalized spacial score (nSPS) is 13.7. The van der Waals surface area contributed by atoms with Crippen molar-refractivity contribution >= 4 is 23.2 Å². The Hall–Kier alpha value is -2.82. The van der Waals surface area contributed by atoms with Gasteiger partial charge in [0.05, 0.1) is 6.61 Å². The molecule has 0 radical (unpaired) electrons. The zero-order valence-corrected chi connectivity index (χ0v) is 15.0. The predicted octanol–water partition coefficient (Wildman–Crippen LogP) is 3.78. The summed E-state index contributed by atoms with van der Waals surface area (Å²) in [6, 6.07) is 15.3. The first-order valence-electron chi connectivity index (χ1n) is 9.07. The molecule has 0 unspecified atom stereocenters. The predicted molar refractivity (Wildman–Crippen MR) is 103 cm³/mol. The summed E-state index contributed by atoms with van der Waals surface area (Å²) in [7, 11) is 0. The molecule has 0 aromatic heterocycles. The Balaban J connectivity index is 1.49. The van der Waals surface area contributed by atoms with Crippen LogP contribution in [0.2, 0.25) is 0 Å². The van der Waals surface area contributed by atoms with Gasteiger partial charge in [-0.25, -0.2) is 0 Å². The van der Waals surface area contributed by atoms with Crippen LogP contribution in [0.3, 0.4) is 0 Å². The van der Waals surface area contributed by atoms with Gasteiger partial charge in [-0.15, -0.1) is 0 Å². The summed E-state index contributed by atoms with van der Waals surface area (Å²) >= 11 is 0. The molecule has 3 rings (SSSR count). The number of hydrogen-bond donors (Lipinski definition) is 1. The molecule has 26 heavy (non-hydrogen) atoms. The van der Waals surface area contributed by atoms with Gasteiger partial charge in [0, 0.05) is 30.8 Å². The van der Waals surface area contributed by atoms with E-state index in [1.807, 2.05) is 55.5 Å². The summed E-state index contributed by atoms with van der Waals surface area (Å²) in [5.41, 5.74) is 2.74. The number of nitrogens with zero attached hydrogens (tertiary/aromatic N) is 1. The van der Waals surface area contributed by atoms with E-state index in [0.29, 0.717) is 25.9 Å². The SMILES string of the molecule is CCOc1ccc(CCC(=O)Nc2ccc(N3CCCC3=O)cc2)cc1. The molecule has 0 aliphatic carbocycles. The van der Waals surface area contributed by atoms with E-state index < -0.39 is 0 Å². The van der Waals surface area contributed by atoms with Gasteiger partial charge in [0.2, 0.25) is 11.8 Å². The van der Waals surface area contributed by atoms with Crippen LogP contribution >= 0.6 is 0 Å². The summed E-state index contributed by atoms with van der Waals surface area (Å²) in [5.74, 6) is 0.985.